The van der Waals surface area contributed by atoms with Gasteiger partial charge in [-0.25, -0.2) is 9.97 Å². The zero-order chi connectivity index (χ0) is 29.0. The second-order valence-corrected chi connectivity index (χ2v) is 10.5. The van der Waals surface area contributed by atoms with Crippen molar-refractivity contribution in [2.45, 2.75) is 44.7 Å². The van der Waals surface area contributed by atoms with E-state index in [1.54, 1.807) is 55.1 Å². The Bertz CT molecular complexity index is 1530. The summed E-state index contributed by atoms with van der Waals surface area (Å²) in [5.74, 6) is -0.0801. The summed E-state index contributed by atoms with van der Waals surface area (Å²) in [6.45, 7) is 3.55. The molecule has 10 heteroatoms. The van der Waals surface area contributed by atoms with Crippen LogP contribution in [-0.2, 0) is 12.6 Å². The summed E-state index contributed by atoms with van der Waals surface area (Å²) in [4.78, 5) is 32.6. The van der Waals surface area contributed by atoms with E-state index in [2.05, 4.69) is 30.2 Å². The van der Waals surface area contributed by atoms with Crippen molar-refractivity contribution >= 4 is 11.6 Å². The fourth-order valence-corrected chi connectivity index (χ4v) is 5.19. The van der Waals surface area contributed by atoms with Gasteiger partial charge in [-0.1, -0.05) is 18.6 Å². The molecule has 1 unspecified atom stereocenters. The first-order valence-electron chi connectivity index (χ1n) is 13.6. The number of likely N-dealkylation sites (tertiary alicyclic amines) is 1. The molecule has 0 saturated carbocycles. The molecule has 2 aromatic carbocycles. The Morgan fingerprint density at radius 2 is 1.88 bits per heavy atom. The number of aromatic nitrogens is 4. The number of alkyl halides is 3. The van der Waals surface area contributed by atoms with Crippen LogP contribution in [0.2, 0.25) is 0 Å². The molecule has 3 heterocycles. The number of halogens is 3. The molecule has 0 bridgehead atoms. The number of amides is 1. The summed E-state index contributed by atoms with van der Waals surface area (Å²) in [6.07, 6.45) is 4.96. The molecule has 0 radical (unpaired) electrons. The maximum absolute atomic E-state index is 14.1. The summed E-state index contributed by atoms with van der Waals surface area (Å²) in [6, 6.07) is 11.1. The smallest absolute Gasteiger partial charge is 0.321 e. The van der Waals surface area contributed by atoms with Crippen molar-refractivity contribution in [2.75, 3.05) is 25.5 Å². The Labute approximate surface area is 236 Å². The highest BCUT2D eigenvalue weighted by Crippen LogP contribution is 2.38. The molecule has 1 amide bonds. The third-order valence-electron chi connectivity index (χ3n) is 7.43. The molecule has 1 aliphatic heterocycles. The molecule has 0 aliphatic carbocycles. The molecule has 4 aromatic rings. The van der Waals surface area contributed by atoms with Crippen molar-refractivity contribution in [2.24, 2.45) is 0 Å². The largest absolute Gasteiger partial charge is 0.418 e. The minimum atomic E-state index is -4.61. The quantitative estimate of drug-likeness (QED) is 0.298. The summed E-state index contributed by atoms with van der Waals surface area (Å²) in [5.41, 5.74) is 2.73. The van der Waals surface area contributed by atoms with E-state index in [9.17, 15) is 18.0 Å². The summed E-state index contributed by atoms with van der Waals surface area (Å²) < 4.78 is 42.4. The van der Waals surface area contributed by atoms with Gasteiger partial charge < -0.3 is 10.2 Å². The zero-order valence-electron chi connectivity index (χ0n) is 22.9. The average Bonchev–Trinajstić information content (AvgIpc) is 3.18. The van der Waals surface area contributed by atoms with Gasteiger partial charge in [0.25, 0.3) is 5.91 Å². The lowest BCUT2D eigenvalue weighted by Gasteiger charge is -2.22. The van der Waals surface area contributed by atoms with E-state index in [-0.39, 0.29) is 17.2 Å². The maximum Gasteiger partial charge on any atom is 0.418 e. The van der Waals surface area contributed by atoms with E-state index >= 15 is 0 Å². The fourth-order valence-electron chi connectivity index (χ4n) is 5.19. The molecule has 5 rings (SSSR count). The molecule has 1 N–H and O–H groups in total. The number of likely N-dealkylation sites (N-methyl/N-ethyl adjacent to an activating group) is 1. The molecule has 7 nitrogen and oxygen atoms in total. The number of aryl methyl sites for hydroxylation is 1. The molecule has 1 aliphatic rings. The van der Waals surface area contributed by atoms with Crippen LogP contribution in [0.15, 0.2) is 67.3 Å². The number of carbonyl (C=O) groups is 1. The van der Waals surface area contributed by atoms with Gasteiger partial charge in [0.2, 0.25) is 0 Å². The number of anilines is 1. The van der Waals surface area contributed by atoms with Gasteiger partial charge in [0.1, 0.15) is 11.5 Å². The number of nitrogens with one attached hydrogen (secondary N) is 1. The van der Waals surface area contributed by atoms with Crippen molar-refractivity contribution in [1.82, 2.24) is 24.8 Å². The summed E-state index contributed by atoms with van der Waals surface area (Å²) in [7, 11) is 1.99. The van der Waals surface area contributed by atoms with Gasteiger partial charge in [-0.05, 0) is 86.3 Å². The molecule has 1 atom stereocenters. The minimum Gasteiger partial charge on any atom is -0.321 e. The van der Waals surface area contributed by atoms with E-state index in [1.165, 1.54) is 12.1 Å². The Balaban J connectivity index is 1.37. The van der Waals surface area contributed by atoms with Crippen LogP contribution < -0.4 is 5.32 Å². The van der Waals surface area contributed by atoms with E-state index in [0.717, 1.165) is 36.9 Å². The van der Waals surface area contributed by atoms with Crippen LogP contribution in [0, 0.1) is 6.92 Å². The molecule has 2 aromatic heterocycles. The van der Waals surface area contributed by atoms with E-state index in [0.29, 0.717) is 35.7 Å². The van der Waals surface area contributed by atoms with Gasteiger partial charge in [0.05, 0.1) is 23.1 Å². The molecule has 41 heavy (non-hydrogen) atoms. The van der Waals surface area contributed by atoms with Crippen molar-refractivity contribution < 1.29 is 18.0 Å². The van der Waals surface area contributed by atoms with Crippen LogP contribution in [0.1, 0.15) is 63.6 Å². The first-order valence-corrected chi connectivity index (χ1v) is 13.6. The van der Waals surface area contributed by atoms with Gasteiger partial charge in [0.15, 0.2) is 0 Å². The SMILES string of the molecule is Cc1ccc(C(=O)Nc2ccc(C3CCCCN(C)C3)cc2C(F)(F)F)cc1Cc1nccc(-c2cnccn2)n1. The first-order chi connectivity index (χ1) is 19.7. The normalized spacial score (nSPS) is 16.3. The predicted molar refractivity (Wildman–Crippen MR) is 151 cm³/mol. The topological polar surface area (TPSA) is 83.9 Å². The van der Waals surface area contributed by atoms with E-state index in [1.807, 2.05) is 14.0 Å². The number of nitrogens with zero attached hydrogens (tertiary/aromatic N) is 5. The highest BCUT2D eigenvalue weighted by molar-refractivity contribution is 6.05. The van der Waals surface area contributed by atoms with Crippen LogP contribution in [0.3, 0.4) is 0 Å². The average molecular weight is 561 g/mol. The molecular weight excluding hydrogens is 529 g/mol. The summed E-state index contributed by atoms with van der Waals surface area (Å²) in [5, 5.41) is 2.51. The second-order valence-electron chi connectivity index (χ2n) is 10.5. The van der Waals surface area contributed by atoms with Gasteiger partial charge in [-0.3, -0.25) is 14.8 Å². The Morgan fingerprint density at radius 1 is 1.02 bits per heavy atom. The van der Waals surface area contributed by atoms with Crippen molar-refractivity contribution in [1.29, 1.82) is 0 Å². The lowest BCUT2D eigenvalue weighted by Crippen LogP contribution is -2.23. The standard InChI is InChI=1S/C31H31F3N6O/c1-20-6-7-22(15-24(20)17-29-37-11-10-27(38-29)28-18-35-12-13-36-28)30(41)39-26-9-8-21(16-25(26)31(32,33)34)23-5-3-4-14-40(2)19-23/h6-13,15-16,18,23H,3-5,14,17,19H2,1-2H3,(H,39,41). The number of benzene rings is 2. The Morgan fingerprint density at radius 3 is 2.66 bits per heavy atom. The Hall–Kier alpha value is -4.18. The third-order valence-corrected chi connectivity index (χ3v) is 7.43. The number of rotatable bonds is 6. The highest BCUT2D eigenvalue weighted by atomic mass is 19.4. The third kappa shape index (κ3) is 6.94. The lowest BCUT2D eigenvalue weighted by molar-refractivity contribution is -0.137. The van der Waals surface area contributed by atoms with Gasteiger partial charge in [0, 0.05) is 37.1 Å². The second kappa shape index (κ2) is 12.1. The number of carbonyl (C=O) groups excluding carboxylic acids is 1. The predicted octanol–water partition coefficient (Wildman–Crippen LogP) is 6.30. The summed E-state index contributed by atoms with van der Waals surface area (Å²) >= 11 is 0. The van der Waals surface area contributed by atoms with Crippen LogP contribution >= 0.6 is 0 Å². The monoisotopic (exact) mass is 560 g/mol. The van der Waals surface area contributed by atoms with Crippen LogP contribution in [0.25, 0.3) is 11.4 Å². The lowest BCUT2D eigenvalue weighted by atomic mass is 9.92. The Kier molecular flexibility index (Phi) is 8.39. The molecule has 0 spiro atoms. The van der Waals surface area contributed by atoms with Gasteiger partial charge in [-0.2, -0.15) is 13.2 Å². The van der Waals surface area contributed by atoms with Crippen LogP contribution in [0.5, 0.6) is 0 Å². The molecule has 1 saturated heterocycles. The minimum absolute atomic E-state index is 0.0164. The molecule has 1 fully saturated rings. The molecule has 212 valence electrons. The van der Waals surface area contributed by atoms with Crippen LogP contribution in [-0.4, -0.2) is 50.9 Å². The fraction of sp³-hybridized carbons (Fsp3) is 0.323. The zero-order valence-corrected chi connectivity index (χ0v) is 22.9. The van der Waals surface area contributed by atoms with E-state index < -0.39 is 17.6 Å². The van der Waals surface area contributed by atoms with Gasteiger partial charge >= 0.3 is 6.18 Å². The van der Waals surface area contributed by atoms with Gasteiger partial charge in [-0.15, -0.1) is 0 Å². The van der Waals surface area contributed by atoms with Crippen LogP contribution in [0.4, 0.5) is 18.9 Å². The molecular formula is C31H31F3N6O. The number of hydrogen-bond donors (Lipinski definition) is 1. The van der Waals surface area contributed by atoms with E-state index in [4.69, 9.17) is 0 Å². The first kappa shape index (κ1) is 28.4. The maximum atomic E-state index is 14.1. The van der Waals surface area contributed by atoms with Crippen molar-refractivity contribution in [3.05, 3.63) is 101 Å². The van der Waals surface area contributed by atoms with Crippen molar-refractivity contribution in [3.8, 4) is 11.4 Å². The highest BCUT2D eigenvalue weighted by Gasteiger charge is 2.35. The van der Waals surface area contributed by atoms with Crippen molar-refractivity contribution in [3.63, 3.8) is 0 Å². The number of hydrogen-bond acceptors (Lipinski definition) is 6.